The van der Waals surface area contributed by atoms with Gasteiger partial charge in [-0.15, -0.1) is 0 Å². The molecule has 0 unspecified atom stereocenters. The molecule has 6 rings (SSSR count). The fraction of sp³-hybridized carbons (Fsp3) is 0.295. The first kappa shape index (κ1) is 36.0. The fourth-order valence-electron chi connectivity index (χ4n) is 8.30. The van der Waals surface area contributed by atoms with Gasteiger partial charge in [0.1, 0.15) is 7.14 Å². The Hall–Kier alpha value is -4.32. The number of benzene rings is 5. The highest BCUT2D eigenvalue weighted by Gasteiger charge is 2.37. The summed E-state index contributed by atoms with van der Waals surface area (Å²) in [7, 11) is -2.82. The van der Waals surface area contributed by atoms with Crippen LogP contribution in [0.25, 0.3) is 27.5 Å². The largest absolute Gasteiger partial charge is 0.318 e. The molecule has 0 aliphatic heterocycles. The molecule has 0 N–H and O–H groups in total. The third-order valence-electron chi connectivity index (χ3n) is 10.1. The zero-order valence-corrected chi connectivity index (χ0v) is 32.0. The summed E-state index contributed by atoms with van der Waals surface area (Å²) in [6.45, 7) is 23.4. The second-order valence-corrected chi connectivity index (χ2v) is 18.3. The lowest BCUT2D eigenvalue weighted by molar-refractivity contribution is 0.569. The lowest BCUT2D eigenvalue weighted by Crippen LogP contribution is -2.56. The van der Waals surface area contributed by atoms with Crippen molar-refractivity contribution < 1.29 is 4.57 Å². The lowest BCUT2D eigenvalue weighted by atomic mass is 9.34. The molecule has 0 fully saturated rings. The topological polar surface area (TPSA) is 45.8 Å². The van der Waals surface area contributed by atoms with Gasteiger partial charge in [-0.1, -0.05) is 144 Å². The SMILES string of the molecule is CC#N.Cc1cc(C)c(B(c2ccc(P(=O)(C(C)C)C(C)C)c(-n3c4ccccc4c4ccccc43)c2)c2c(C)cc(C)cc2C)c(C)c1. The minimum Gasteiger partial charge on any atom is -0.318 e. The van der Waals surface area contributed by atoms with Gasteiger partial charge in [-0.25, -0.2) is 0 Å². The molecule has 6 aromatic rings. The number of aryl methyl sites for hydroxylation is 6. The van der Waals surface area contributed by atoms with E-state index in [2.05, 4.69) is 165 Å². The van der Waals surface area contributed by atoms with E-state index in [1.165, 1.54) is 67.5 Å². The minimum absolute atomic E-state index is 0.0177. The molecule has 5 aromatic carbocycles. The van der Waals surface area contributed by atoms with Crippen molar-refractivity contribution in [2.75, 3.05) is 0 Å². The molecule has 0 amide bonds. The highest BCUT2D eigenvalue weighted by Crippen LogP contribution is 2.55. The molecular weight excluding hydrogens is 614 g/mol. The van der Waals surface area contributed by atoms with Gasteiger partial charge in [0.15, 0.2) is 0 Å². The van der Waals surface area contributed by atoms with Crippen molar-refractivity contribution >= 4 is 57.4 Å². The lowest BCUT2D eigenvalue weighted by Gasteiger charge is -2.31. The number of rotatable bonds is 7. The van der Waals surface area contributed by atoms with Crippen molar-refractivity contribution in [2.24, 2.45) is 0 Å². The molecule has 1 heterocycles. The summed E-state index contributed by atoms with van der Waals surface area (Å²) in [6.07, 6.45) is 0. The van der Waals surface area contributed by atoms with Gasteiger partial charge in [0, 0.05) is 34.3 Å². The van der Waals surface area contributed by atoms with Crippen LogP contribution in [-0.2, 0) is 4.57 Å². The smallest absolute Gasteiger partial charge is 0.242 e. The van der Waals surface area contributed by atoms with Crippen LogP contribution >= 0.6 is 7.14 Å². The van der Waals surface area contributed by atoms with Crippen molar-refractivity contribution in [3.63, 3.8) is 0 Å². The molecule has 0 aliphatic carbocycles. The zero-order valence-electron chi connectivity index (χ0n) is 31.1. The Morgan fingerprint density at radius 3 is 1.41 bits per heavy atom. The molecule has 1 aromatic heterocycles. The number of hydrogen-bond acceptors (Lipinski definition) is 2. The van der Waals surface area contributed by atoms with Crippen LogP contribution in [0.15, 0.2) is 91.0 Å². The molecule has 0 atom stereocenters. The van der Waals surface area contributed by atoms with Crippen molar-refractivity contribution in [2.45, 2.75) is 87.5 Å². The number of aromatic nitrogens is 1. The van der Waals surface area contributed by atoms with Crippen molar-refractivity contribution in [3.05, 3.63) is 124 Å². The van der Waals surface area contributed by atoms with Crippen molar-refractivity contribution in [1.82, 2.24) is 4.57 Å². The predicted molar refractivity (Wildman–Crippen MR) is 216 cm³/mol. The molecule has 49 heavy (non-hydrogen) atoms. The van der Waals surface area contributed by atoms with E-state index in [0.717, 1.165) is 22.0 Å². The van der Waals surface area contributed by atoms with Gasteiger partial charge in [-0.2, -0.15) is 5.26 Å². The Balaban J connectivity index is 0.00000151. The molecule has 5 heteroatoms. The molecule has 0 aliphatic rings. The van der Waals surface area contributed by atoms with E-state index < -0.39 is 7.14 Å². The fourth-order valence-corrected chi connectivity index (χ4v) is 11.4. The second-order valence-electron chi connectivity index (χ2n) is 14.3. The number of fused-ring (bicyclic) bond motifs is 3. The Kier molecular flexibility index (Phi) is 10.5. The maximum atomic E-state index is 15.3. The van der Waals surface area contributed by atoms with Crippen LogP contribution in [0.4, 0.5) is 0 Å². The Morgan fingerprint density at radius 1 is 0.633 bits per heavy atom. The molecule has 0 saturated carbocycles. The van der Waals surface area contributed by atoms with Crippen LogP contribution in [0.3, 0.4) is 0 Å². The summed E-state index contributed by atoms with van der Waals surface area (Å²) in [6, 6.07) is 35.2. The monoisotopic (exact) mass is 664 g/mol. The normalized spacial score (nSPS) is 11.6. The number of hydrogen-bond donors (Lipinski definition) is 0. The maximum absolute atomic E-state index is 15.3. The Bertz CT molecular complexity index is 2100. The molecule has 0 saturated heterocycles. The van der Waals surface area contributed by atoms with Gasteiger partial charge in [-0.05, 0) is 65.8 Å². The summed E-state index contributed by atoms with van der Waals surface area (Å²) in [5.41, 5.74) is 15.1. The third-order valence-corrected chi connectivity index (χ3v) is 14.3. The van der Waals surface area contributed by atoms with Crippen LogP contribution in [0.2, 0.25) is 0 Å². The average molecular weight is 665 g/mol. The highest BCUT2D eigenvalue weighted by atomic mass is 31.2. The Labute approximate surface area is 294 Å². The van der Waals surface area contributed by atoms with E-state index in [9.17, 15) is 0 Å². The molecule has 0 bridgehead atoms. The van der Waals surface area contributed by atoms with Crippen molar-refractivity contribution in [3.8, 4) is 11.8 Å². The van der Waals surface area contributed by atoms with E-state index >= 15 is 4.57 Å². The van der Waals surface area contributed by atoms with Gasteiger partial charge >= 0.3 is 0 Å². The van der Waals surface area contributed by atoms with E-state index in [4.69, 9.17) is 5.26 Å². The van der Waals surface area contributed by atoms with Crippen LogP contribution in [0.1, 0.15) is 68.0 Å². The van der Waals surface area contributed by atoms with Crippen LogP contribution < -0.4 is 21.7 Å². The number of para-hydroxylation sites is 2. The van der Waals surface area contributed by atoms with Crippen LogP contribution in [0.5, 0.6) is 0 Å². The first-order valence-corrected chi connectivity index (χ1v) is 19.3. The van der Waals surface area contributed by atoms with Gasteiger partial charge in [0.05, 0.1) is 22.8 Å². The van der Waals surface area contributed by atoms with E-state index in [1.54, 1.807) is 6.07 Å². The summed E-state index contributed by atoms with van der Waals surface area (Å²) in [5, 5.41) is 10.7. The van der Waals surface area contributed by atoms with Crippen LogP contribution in [-0.4, -0.2) is 22.6 Å². The quantitative estimate of drug-likeness (QED) is 0.126. The second kappa shape index (κ2) is 14.3. The van der Waals surface area contributed by atoms with E-state index in [-0.39, 0.29) is 18.0 Å². The predicted octanol–water partition coefficient (Wildman–Crippen LogP) is 9.49. The maximum Gasteiger partial charge on any atom is 0.242 e. The molecule has 3 nitrogen and oxygen atoms in total. The van der Waals surface area contributed by atoms with Crippen LogP contribution in [0, 0.1) is 52.9 Å². The van der Waals surface area contributed by atoms with Gasteiger partial charge in [0.25, 0.3) is 0 Å². The number of nitrogens with zero attached hydrogens (tertiary/aromatic N) is 2. The first-order chi connectivity index (χ1) is 23.3. The minimum atomic E-state index is -2.82. The summed E-state index contributed by atoms with van der Waals surface area (Å²) in [5.74, 6) is 0. The van der Waals surface area contributed by atoms with E-state index in [1.807, 2.05) is 0 Å². The number of nitriles is 1. The zero-order chi connectivity index (χ0) is 35.8. The average Bonchev–Trinajstić information content (AvgIpc) is 3.37. The molecular formula is C44H50BN2OP. The third kappa shape index (κ3) is 6.43. The standard InChI is InChI=1S/C42H47BNOP.C2H3N/c1-26(2)46(45,27(3)4)40-20-19-34(25-39(40)44-37-17-13-11-15-35(37)36-16-12-14-18-38(36)44)43(41-30(7)21-28(5)22-31(41)8)42-32(9)23-29(6)24-33(42)10;1-2-3/h11-27H,1-10H3;1H3. The highest BCUT2D eigenvalue weighted by molar-refractivity contribution is 7.73. The summed E-state index contributed by atoms with van der Waals surface area (Å²) in [4.78, 5) is 0. The summed E-state index contributed by atoms with van der Waals surface area (Å²) < 4.78 is 17.7. The molecule has 0 radical (unpaired) electrons. The van der Waals surface area contributed by atoms with E-state index in [0.29, 0.717) is 0 Å². The molecule has 250 valence electrons. The van der Waals surface area contributed by atoms with Gasteiger partial charge in [-0.3, -0.25) is 0 Å². The first-order valence-electron chi connectivity index (χ1n) is 17.4. The summed E-state index contributed by atoms with van der Waals surface area (Å²) >= 11 is 0. The molecule has 0 spiro atoms. The van der Waals surface area contributed by atoms with Gasteiger partial charge in [0.2, 0.25) is 6.71 Å². The van der Waals surface area contributed by atoms with Gasteiger partial charge < -0.3 is 9.13 Å². The van der Waals surface area contributed by atoms with Crippen molar-refractivity contribution in [1.29, 1.82) is 5.26 Å². The Morgan fingerprint density at radius 2 is 1.02 bits per heavy atom.